The van der Waals surface area contributed by atoms with E-state index in [2.05, 4.69) is 33.1 Å². The Hall–Kier alpha value is -2.61. The lowest BCUT2D eigenvalue weighted by atomic mass is 9.90. The molecule has 0 atom stereocenters. The van der Waals surface area contributed by atoms with Gasteiger partial charge in [0, 0.05) is 25.5 Å². The Morgan fingerprint density at radius 1 is 1.26 bits per heavy atom. The van der Waals surface area contributed by atoms with Gasteiger partial charge in [0.2, 0.25) is 0 Å². The van der Waals surface area contributed by atoms with Gasteiger partial charge in [-0.1, -0.05) is 12.1 Å². The number of aromatic nitrogens is 2. The van der Waals surface area contributed by atoms with Gasteiger partial charge in [0.05, 0.1) is 7.11 Å². The molecule has 1 fully saturated rings. The molecule has 5 heteroatoms. The number of hydrogen-bond donors (Lipinski definition) is 0. The van der Waals surface area contributed by atoms with Gasteiger partial charge in [-0.05, 0) is 42.9 Å². The van der Waals surface area contributed by atoms with Crippen LogP contribution in [-0.4, -0.2) is 30.2 Å². The van der Waals surface area contributed by atoms with Crippen molar-refractivity contribution in [3.8, 4) is 11.8 Å². The van der Waals surface area contributed by atoms with Crippen LogP contribution in [-0.2, 0) is 6.42 Å². The summed E-state index contributed by atoms with van der Waals surface area (Å²) in [4.78, 5) is 10.6. The van der Waals surface area contributed by atoms with Crippen molar-refractivity contribution in [3.63, 3.8) is 0 Å². The van der Waals surface area contributed by atoms with Crippen molar-refractivity contribution in [2.75, 3.05) is 25.1 Å². The minimum Gasteiger partial charge on any atom is -0.497 e. The highest BCUT2D eigenvalue weighted by Crippen LogP contribution is 2.26. The summed E-state index contributed by atoms with van der Waals surface area (Å²) in [5.41, 5.74) is 1.73. The third-order valence-electron chi connectivity index (χ3n) is 4.36. The Labute approximate surface area is 136 Å². The van der Waals surface area contributed by atoms with E-state index < -0.39 is 0 Å². The van der Waals surface area contributed by atoms with Crippen molar-refractivity contribution in [1.29, 1.82) is 5.26 Å². The van der Waals surface area contributed by atoms with Crippen LogP contribution in [0.1, 0.15) is 24.1 Å². The Bertz CT molecular complexity index is 702. The summed E-state index contributed by atoms with van der Waals surface area (Å²) in [5.74, 6) is 2.29. The van der Waals surface area contributed by atoms with Crippen LogP contribution in [0.2, 0.25) is 0 Å². The van der Waals surface area contributed by atoms with Crippen LogP contribution in [0.4, 0.5) is 5.82 Å². The highest BCUT2D eigenvalue weighted by atomic mass is 16.5. The molecule has 1 aromatic carbocycles. The van der Waals surface area contributed by atoms with Crippen LogP contribution in [0.5, 0.6) is 5.75 Å². The number of rotatable bonds is 4. The van der Waals surface area contributed by atoms with Gasteiger partial charge in [0.1, 0.15) is 11.8 Å². The zero-order valence-electron chi connectivity index (χ0n) is 13.3. The van der Waals surface area contributed by atoms with Crippen molar-refractivity contribution in [2.45, 2.75) is 19.3 Å². The fourth-order valence-electron chi connectivity index (χ4n) is 3.12. The lowest BCUT2D eigenvalue weighted by Crippen LogP contribution is -2.35. The third-order valence-corrected chi connectivity index (χ3v) is 4.36. The van der Waals surface area contributed by atoms with Crippen LogP contribution in [0.25, 0.3) is 0 Å². The first kappa shape index (κ1) is 15.3. The second-order valence-electron chi connectivity index (χ2n) is 5.83. The molecule has 0 unspecified atom stereocenters. The molecule has 1 saturated heterocycles. The summed E-state index contributed by atoms with van der Waals surface area (Å²) in [6.45, 7) is 1.84. The van der Waals surface area contributed by atoms with E-state index in [1.807, 2.05) is 12.1 Å². The Balaban J connectivity index is 1.61. The van der Waals surface area contributed by atoms with Crippen molar-refractivity contribution >= 4 is 5.82 Å². The van der Waals surface area contributed by atoms with Gasteiger partial charge < -0.3 is 9.64 Å². The summed E-state index contributed by atoms with van der Waals surface area (Å²) < 4.78 is 5.29. The molecule has 0 radical (unpaired) electrons. The van der Waals surface area contributed by atoms with E-state index in [4.69, 9.17) is 10.00 Å². The first-order chi connectivity index (χ1) is 11.3. The largest absolute Gasteiger partial charge is 0.497 e. The van der Waals surface area contributed by atoms with E-state index in [0.717, 1.165) is 43.9 Å². The van der Waals surface area contributed by atoms with Gasteiger partial charge in [-0.25, -0.2) is 9.97 Å². The number of benzene rings is 1. The number of nitrogens with zero attached hydrogens (tertiary/aromatic N) is 4. The number of piperidine rings is 1. The maximum absolute atomic E-state index is 9.15. The minimum atomic E-state index is 0.416. The standard InChI is InChI=1S/C18H20N4O/c1-23-16-4-2-3-15(12-16)11-14-5-9-22(10-6-14)18-17(13-19)20-7-8-21-18/h2-4,7-8,12,14H,5-6,9-11H2,1H3. The van der Waals surface area contributed by atoms with Crippen LogP contribution in [0.3, 0.4) is 0 Å². The molecule has 5 nitrogen and oxygen atoms in total. The highest BCUT2D eigenvalue weighted by molar-refractivity contribution is 5.49. The zero-order chi connectivity index (χ0) is 16.1. The third kappa shape index (κ3) is 3.59. The maximum atomic E-state index is 9.15. The number of nitriles is 1. The molecule has 0 saturated carbocycles. The Morgan fingerprint density at radius 2 is 2.04 bits per heavy atom. The summed E-state index contributed by atoms with van der Waals surface area (Å²) in [5, 5.41) is 9.15. The quantitative estimate of drug-likeness (QED) is 0.869. The second kappa shape index (κ2) is 7.10. The lowest BCUT2D eigenvalue weighted by Gasteiger charge is -2.33. The molecule has 0 bridgehead atoms. The van der Waals surface area contributed by atoms with Gasteiger partial charge in [0.15, 0.2) is 11.5 Å². The van der Waals surface area contributed by atoms with Gasteiger partial charge in [-0.15, -0.1) is 0 Å². The number of ether oxygens (including phenoxy) is 1. The average Bonchev–Trinajstić information content (AvgIpc) is 2.62. The number of anilines is 1. The Morgan fingerprint density at radius 3 is 2.78 bits per heavy atom. The monoisotopic (exact) mass is 308 g/mol. The molecule has 2 heterocycles. The smallest absolute Gasteiger partial charge is 0.183 e. The highest BCUT2D eigenvalue weighted by Gasteiger charge is 2.22. The van der Waals surface area contributed by atoms with E-state index in [1.165, 1.54) is 5.56 Å². The SMILES string of the molecule is COc1cccc(CC2CCN(c3nccnc3C#N)CC2)c1. The minimum absolute atomic E-state index is 0.416. The van der Waals surface area contributed by atoms with E-state index in [9.17, 15) is 0 Å². The maximum Gasteiger partial charge on any atom is 0.183 e. The van der Waals surface area contributed by atoms with Gasteiger partial charge in [-0.3, -0.25) is 0 Å². The van der Waals surface area contributed by atoms with Crippen molar-refractivity contribution < 1.29 is 4.74 Å². The van der Waals surface area contributed by atoms with E-state index in [0.29, 0.717) is 11.6 Å². The van der Waals surface area contributed by atoms with Crippen LogP contribution >= 0.6 is 0 Å². The average molecular weight is 308 g/mol. The first-order valence-electron chi connectivity index (χ1n) is 7.89. The predicted molar refractivity (Wildman–Crippen MR) is 88.4 cm³/mol. The molecule has 23 heavy (non-hydrogen) atoms. The molecule has 2 aromatic rings. The normalized spacial score (nSPS) is 15.2. The molecular formula is C18H20N4O. The van der Waals surface area contributed by atoms with Crippen molar-refractivity contribution in [2.24, 2.45) is 5.92 Å². The lowest BCUT2D eigenvalue weighted by molar-refractivity contribution is 0.397. The molecule has 118 valence electrons. The van der Waals surface area contributed by atoms with Gasteiger partial charge >= 0.3 is 0 Å². The van der Waals surface area contributed by atoms with Crippen LogP contribution < -0.4 is 9.64 Å². The molecular weight excluding hydrogens is 288 g/mol. The summed E-state index contributed by atoms with van der Waals surface area (Å²) >= 11 is 0. The van der Waals surface area contributed by atoms with Crippen LogP contribution in [0.15, 0.2) is 36.7 Å². The molecule has 0 aliphatic carbocycles. The molecule has 1 aliphatic heterocycles. The molecule has 1 aliphatic rings. The van der Waals surface area contributed by atoms with Crippen LogP contribution in [0, 0.1) is 17.2 Å². The summed E-state index contributed by atoms with van der Waals surface area (Å²) in [6.07, 6.45) is 6.48. The predicted octanol–water partition coefficient (Wildman–Crippen LogP) is 2.82. The van der Waals surface area contributed by atoms with Gasteiger partial charge in [-0.2, -0.15) is 5.26 Å². The van der Waals surface area contributed by atoms with E-state index in [1.54, 1.807) is 19.5 Å². The van der Waals surface area contributed by atoms with Crippen molar-refractivity contribution in [3.05, 3.63) is 47.9 Å². The van der Waals surface area contributed by atoms with E-state index in [-0.39, 0.29) is 0 Å². The van der Waals surface area contributed by atoms with E-state index >= 15 is 0 Å². The second-order valence-corrected chi connectivity index (χ2v) is 5.83. The summed E-state index contributed by atoms with van der Waals surface area (Å²) in [6, 6.07) is 10.4. The fraction of sp³-hybridized carbons (Fsp3) is 0.389. The summed E-state index contributed by atoms with van der Waals surface area (Å²) in [7, 11) is 1.70. The molecule has 3 rings (SSSR count). The first-order valence-corrected chi connectivity index (χ1v) is 7.89. The number of hydrogen-bond acceptors (Lipinski definition) is 5. The molecule has 0 spiro atoms. The van der Waals surface area contributed by atoms with Gasteiger partial charge in [0.25, 0.3) is 0 Å². The Kier molecular flexibility index (Phi) is 4.72. The molecule has 0 amide bonds. The topological polar surface area (TPSA) is 62.0 Å². The molecule has 1 aromatic heterocycles. The fourth-order valence-corrected chi connectivity index (χ4v) is 3.12. The number of methoxy groups -OCH3 is 1. The zero-order valence-corrected chi connectivity index (χ0v) is 13.3. The molecule has 0 N–H and O–H groups in total. The van der Waals surface area contributed by atoms with Crippen molar-refractivity contribution in [1.82, 2.24) is 9.97 Å².